The number of benzene rings is 4. The second-order valence-corrected chi connectivity index (χ2v) is 11.4. The van der Waals surface area contributed by atoms with Gasteiger partial charge in [0.1, 0.15) is 4.90 Å². The van der Waals surface area contributed by atoms with Gasteiger partial charge in [-0.2, -0.15) is 16.8 Å². The van der Waals surface area contributed by atoms with Crippen molar-refractivity contribution < 1.29 is 25.6 Å². The van der Waals surface area contributed by atoms with Gasteiger partial charge in [0.2, 0.25) is 0 Å². The fraction of sp³-hybridized carbons (Fsp3) is 0.143. The van der Waals surface area contributed by atoms with Crippen molar-refractivity contribution in [3.05, 3.63) is 102 Å². The minimum absolute atomic E-state index is 0.0313. The van der Waals surface area contributed by atoms with E-state index in [1.165, 1.54) is 18.2 Å². The van der Waals surface area contributed by atoms with Crippen LogP contribution in [0.1, 0.15) is 24.5 Å². The van der Waals surface area contributed by atoms with Gasteiger partial charge in [0.15, 0.2) is 5.75 Å². The van der Waals surface area contributed by atoms with Crippen LogP contribution in [-0.2, 0) is 33.2 Å². The summed E-state index contributed by atoms with van der Waals surface area (Å²) in [4.78, 5) is -0.0933. The van der Waals surface area contributed by atoms with E-state index in [0.717, 1.165) is 5.56 Å². The molecule has 4 rings (SSSR count). The molecule has 9 heteroatoms. The molecule has 0 saturated carbocycles. The largest absolute Gasteiger partial charge is 0.378 e. The molecule has 3 N–H and O–H groups in total. The highest BCUT2D eigenvalue weighted by molar-refractivity contribution is 7.87. The predicted octanol–water partition coefficient (Wildman–Crippen LogP) is 5.45. The SMILES string of the molecule is CCCc1c(-c2cccc(-c3cc(CN)ccc3OS(=O)(=O)c3ccccc3)c2)cccc1S(=O)(=O)O. The predicted molar refractivity (Wildman–Crippen MR) is 143 cm³/mol. The summed E-state index contributed by atoms with van der Waals surface area (Å²) in [6.45, 7) is 2.17. The van der Waals surface area contributed by atoms with E-state index in [1.54, 1.807) is 54.6 Å². The summed E-state index contributed by atoms with van der Waals surface area (Å²) < 4.78 is 65.3. The van der Waals surface area contributed by atoms with Crippen molar-refractivity contribution in [2.75, 3.05) is 0 Å². The van der Waals surface area contributed by atoms with E-state index < -0.39 is 20.2 Å². The van der Waals surface area contributed by atoms with Gasteiger partial charge in [0, 0.05) is 12.1 Å². The van der Waals surface area contributed by atoms with Crippen LogP contribution < -0.4 is 9.92 Å². The molecular weight excluding hydrogens is 510 g/mol. The number of rotatable bonds is 9. The van der Waals surface area contributed by atoms with E-state index in [9.17, 15) is 21.4 Å². The maximum absolute atomic E-state index is 12.9. The lowest BCUT2D eigenvalue weighted by molar-refractivity contribution is 0.481. The number of hydrogen-bond donors (Lipinski definition) is 2. The Hall–Kier alpha value is -3.50. The van der Waals surface area contributed by atoms with Gasteiger partial charge >= 0.3 is 10.1 Å². The molecule has 0 bridgehead atoms. The highest BCUT2D eigenvalue weighted by Crippen LogP contribution is 2.37. The molecule has 0 heterocycles. The van der Waals surface area contributed by atoms with Crippen LogP contribution in [0, 0.1) is 0 Å². The van der Waals surface area contributed by atoms with Crippen molar-refractivity contribution in [2.45, 2.75) is 36.1 Å². The van der Waals surface area contributed by atoms with Crippen molar-refractivity contribution in [3.63, 3.8) is 0 Å². The normalized spacial score (nSPS) is 11.9. The topological polar surface area (TPSA) is 124 Å². The van der Waals surface area contributed by atoms with Crippen LogP contribution in [0.4, 0.5) is 0 Å². The molecule has 0 aliphatic carbocycles. The fourth-order valence-electron chi connectivity index (χ4n) is 4.20. The van der Waals surface area contributed by atoms with Crippen molar-refractivity contribution >= 4 is 20.2 Å². The van der Waals surface area contributed by atoms with Gasteiger partial charge in [-0.3, -0.25) is 4.55 Å². The third kappa shape index (κ3) is 5.91. The summed E-state index contributed by atoms with van der Waals surface area (Å²) in [6, 6.07) is 25.0. The molecule has 0 radical (unpaired) electrons. The zero-order valence-electron chi connectivity index (χ0n) is 20.2. The smallest absolute Gasteiger partial charge is 0.339 e. The minimum Gasteiger partial charge on any atom is -0.378 e. The average molecular weight is 538 g/mol. The van der Waals surface area contributed by atoms with Gasteiger partial charge in [-0.05, 0) is 70.6 Å². The molecule has 0 aliphatic heterocycles. The van der Waals surface area contributed by atoms with Crippen molar-refractivity contribution in [1.29, 1.82) is 0 Å². The molecule has 0 unspecified atom stereocenters. The van der Waals surface area contributed by atoms with Gasteiger partial charge in [-0.15, -0.1) is 0 Å². The molecule has 37 heavy (non-hydrogen) atoms. The van der Waals surface area contributed by atoms with Gasteiger partial charge in [0.25, 0.3) is 10.1 Å². The first kappa shape index (κ1) is 26.6. The molecule has 0 atom stereocenters. The molecule has 0 amide bonds. The molecule has 7 nitrogen and oxygen atoms in total. The van der Waals surface area contributed by atoms with Gasteiger partial charge < -0.3 is 9.92 Å². The van der Waals surface area contributed by atoms with Gasteiger partial charge in [-0.25, -0.2) is 0 Å². The van der Waals surface area contributed by atoms with E-state index in [4.69, 9.17) is 9.92 Å². The zero-order chi connectivity index (χ0) is 26.6. The first-order chi connectivity index (χ1) is 17.6. The third-order valence-electron chi connectivity index (χ3n) is 5.91. The standard InChI is InChI=1S/C28H27NO6S2/c1-2-8-25-24(13-7-14-28(25)36(30,31)32)21-9-6-10-22(18-21)26-17-20(19-29)15-16-27(26)35-37(33,34)23-11-4-3-5-12-23/h3-7,9-18H,2,8,19,29H2,1H3,(H,30,31,32). The summed E-state index contributed by atoms with van der Waals surface area (Å²) in [5.41, 5.74) is 9.71. The average Bonchev–Trinajstić information content (AvgIpc) is 2.89. The Bertz CT molecular complexity index is 1630. The van der Waals surface area contributed by atoms with E-state index in [1.807, 2.05) is 25.1 Å². The summed E-state index contributed by atoms with van der Waals surface area (Å²) in [7, 11) is -8.50. The van der Waals surface area contributed by atoms with Crippen molar-refractivity contribution in [2.24, 2.45) is 5.73 Å². The van der Waals surface area contributed by atoms with E-state index >= 15 is 0 Å². The van der Waals surface area contributed by atoms with Crippen molar-refractivity contribution in [1.82, 2.24) is 0 Å². The van der Waals surface area contributed by atoms with Gasteiger partial charge in [-0.1, -0.05) is 67.9 Å². The highest BCUT2D eigenvalue weighted by atomic mass is 32.2. The molecule has 0 fully saturated rings. The summed E-state index contributed by atoms with van der Waals surface area (Å²) in [6.07, 6.45) is 1.12. The minimum atomic E-state index is -4.41. The quantitative estimate of drug-likeness (QED) is 0.215. The summed E-state index contributed by atoms with van der Waals surface area (Å²) >= 11 is 0. The molecule has 192 valence electrons. The second kappa shape index (κ2) is 10.9. The number of hydrogen-bond acceptors (Lipinski definition) is 6. The molecule has 0 aliphatic rings. The Morgan fingerprint density at radius 2 is 1.46 bits per heavy atom. The van der Waals surface area contributed by atoms with Crippen LogP contribution in [0.3, 0.4) is 0 Å². The Kier molecular flexibility index (Phi) is 7.79. The van der Waals surface area contributed by atoms with Crippen LogP contribution in [0.15, 0.2) is 101 Å². The van der Waals surface area contributed by atoms with E-state index in [2.05, 4.69) is 0 Å². The van der Waals surface area contributed by atoms with Gasteiger partial charge in [0.05, 0.1) is 4.90 Å². The van der Waals surface area contributed by atoms with Crippen LogP contribution in [0.2, 0.25) is 0 Å². The zero-order valence-corrected chi connectivity index (χ0v) is 21.8. The van der Waals surface area contributed by atoms with E-state index in [0.29, 0.717) is 40.7 Å². The Morgan fingerprint density at radius 1 is 0.784 bits per heavy atom. The Morgan fingerprint density at radius 3 is 2.11 bits per heavy atom. The maximum atomic E-state index is 12.9. The molecule has 0 saturated heterocycles. The lowest BCUT2D eigenvalue weighted by Gasteiger charge is -2.16. The first-order valence-corrected chi connectivity index (χ1v) is 14.5. The number of nitrogens with two attached hydrogens (primary N) is 1. The molecule has 0 spiro atoms. The van der Waals surface area contributed by atoms with Crippen LogP contribution in [0.25, 0.3) is 22.3 Å². The molecular formula is C28H27NO6S2. The van der Waals surface area contributed by atoms with Crippen LogP contribution >= 0.6 is 0 Å². The molecule has 4 aromatic rings. The fourth-order valence-corrected chi connectivity index (χ4v) is 5.94. The molecule has 0 aromatic heterocycles. The Labute approximate surface area is 217 Å². The molecule has 4 aromatic carbocycles. The third-order valence-corrected chi connectivity index (χ3v) is 8.09. The summed E-state index contributed by atoms with van der Waals surface area (Å²) in [5.74, 6) is 0.138. The van der Waals surface area contributed by atoms with Crippen molar-refractivity contribution in [3.8, 4) is 28.0 Å². The monoisotopic (exact) mass is 537 g/mol. The summed E-state index contributed by atoms with van der Waals surface area (Å²) in [5, 5.41) is 0. The van der Waals surface area contributed by atoms with E-state index in [-0.39, 0.29) is 22.1 Å². The lowest BCUT2D eigenvalue weighted by atomic mass is 9.93. The first-order valence-electron chi connectivity index (χ1n) is 11.7. The second-order valence-electron chi connectivity index (χ2n) is 8.47. The van der Waals surface area contributed by atoms with Crippen LogP contribution in [-0.4, -0.2) is 21.4 Å². The Balaban J connectivity index is 1.85. The lowest BCUT2D eigenvalue weighted by Crippen LogP contribution is -2.10. The highest BCUT2D eigenvalue weighted by Gasteiger charge is 2.21. The van der Waals surface area contributed by atoms with Crippen LogP contribution in [0.5, 0.6) is 5.75 Å². The maximum Gasteiger partial charge on any atom is 0.339 e.